The quantitative estimate of drug-likeness (QED) is 0.788. The number of hydrogen-bond acceptors (Lipinski definition) is 3. The molecule has 0 aliphatic carbocycles. The number of carbonyl (C=O) groups excluding carboxylic acids is 1. The summed E-state index contributed by atoms with van der Waals surface area (Å²) in [4.78, 5) is 11.6. The van der Waals surface area contributed by atoms with Gasteiger partial charge in [0.1, 0.15) is 0 Å². The predicted octanol–water partition coefficient (Wildman–Crippen LogP) is 1.34. The summed E-state index contributed by atoms with van der Waals surface area (Å²) in [5.74, 6) is -0.314. The third-order valence-electron chi connectivity index (χ3n) is 2.53. The van der Waals surface area contributed by atoms with E-state index in [2.05, 4.69) is 21.2 Å². The standard InChI is InChI=1S/C12H17BrN2O3S/c1-3-14-12(16)9-15(2)19(17,18)11-6-4-10(8-13)5-7-11/h4-7H,3,8-9H2,1-2H3,(H,14,16). The summed E-state index contributed by atoms with van der Waals surface area (Å²) in [6.45, 7) is 2.08. The summed E-state index contributed by atoms with van der Waals surface area (Å²) in [6.07, 6.45) is 0. The van der Waals surface area contributed by atoms with E-state index in [1.807, 2.05) is 0 Å². The minimum atomic E-state index is -3.62. The van der Waals surface area contributed by atoms with E-state index >= 15 is 0 Å². The number of hydrogen-bond donors (Lipinski definition) is 1. The summed E-state index contributed by atoms with van der Waals surface area (Å²) >= 11 is 3.30. The first kappa shape index (κ1) is 16.1. The van der Waals surface area contributed by atoms with E-state index in [1.165, 1.54) is 7.05 Å². The van der Waals surface area contributed by atoms with Crippen molar-refractivity contribution in [3.05, 3.63) is 29.8 Å². The summed E-state index contributed by atoms with van der Waals surface area (Å²) in [7, 11) is -2.23. The minimum Gasteiger partial charge on any atom is -0.355 e. The first-order valence-electron chi connectivity index (χ1n) is 5.79. The SMILES string of the molecule is CCNC(=O)CN(C)S(=O)(=O)c1ccc(CBr)cc1. The van der Waals surface area contributed by atoms with Crippen LogP contribution < -0.4 is 5.32 Å². The second-order valence-electron chi connectivity index (χ2n) is 3.99. The lowest BCUT2D eigenvalue weighted by Crippen LogP contribution is -2.38. The van der Waals surface area contributed by atoms with Gasteiger partial charge < -0.3 is 5.32 Å². The summed E-state index contributed by atoms with van der Waals surface area (Å²) in [5, 5.41) is 3.24. The molecule has 0 radical (unpaired) electrons. The van der Waals surface area contributed by atoms with Crippen LogP contribution in [0, 0.1) is 0 Å². The van der Waals surface area contributed by atoms with Gasteiger partial charge in [0.15, 0.2) is 0 Å². The van der Waals surface area contributed by atoms with E-state index in [4.69, 9.17) is 0 Å². The van der Waals surface area contributed by atoms with E-state index in [0.29, 0.717) is 11.9 Å². The maximum Gasteiger partial charge on any atom is 0.243 e. The van der Waals surface area contributed by atoms with Gasteiger partial charge in [0.25, 0.3) is 0 Å². The molecule has 1 aromatic rings. The number of halogens is 1. The number of benzene rings is 1. The van der Waals surface area contributed by atoms with Crippen LogP contribution in [-0.4, -0.2) is 38.8 Å². The molecule has 1 amide bonds. The first-order chi connectivity index (χ1) is 8.91. The molecule has 0 bridgehead atoms. The molecule has 1 rings (SSSR count). The van der Waals surface area contributed by atoms with Crippen molar-refractivity contribution >= 4 is 31.9 Å². The van der Waals surface area contributed by atoms with E-state index in [-0.39, 0.29) is 17.3 Å². The first-order valence-corrected chi connectivity index (χ1v) is 8.36. The molecule has 0 heterocycles. The molecule has 0 atom stereocenters. The van der Waals surface area contributed by atoms with E-state index in [1.54, 1.807) is 31.2 Å². The van der Waals surface area contributed by atoms with Crippen LogP contribution in [0.3, 0.4) is 0 Å². The second-order valence-corrected chi connectivity index (χ2v) is 6.60. The molecule has 5 nitrogen and oxygen atoms in total. The molecular formula is C12H17BrN2O3S. The van der Waals surface area contributed by atoms with Crippen molar-refractivity contribution in [1.82, 2.24) is 9.62 Å². The van der Waals surface area contributed by atoms with Crippen molar-refractivity contribution in [2.45, 2.75) is 17.1 Å². The Labute approximate surface area is 122 Å². The third kappa shape index (κ3) is 4.29. The number of rotatable bonds is 6. The van der Waals surface area contributed by atoms with Gasteiger partial charge in [0, 0.05) is 18.9 Å². The Morgan fingerprint density at radius 2 is 1.89 bits per heavy atom. The zero-order valence-electron chi connectivity index (χ0n) is 10.9. The molecule has 106 valence electrons. The zero-order chi connectivity index (χ0) is 14.5. The molecule has 0 aliphatic heterocycles. The van der Waals surface area contributed by atoms with Crippen molar-refractivity contribution in [1.29, 1.82) is 0 Å². The Bertz CT molecular complexity index is 528. The maximum atomic E-state index is 12.2. The highest BCUT2D eigenvalue weighted by molar-refractivity contribution is 9.08. The number of likely N-dealkylation sites (N-methyl/N-ethyl adjacent to an activating group) is 2. The Morgan fingerprint density at radius 1 is 1.32 bits per heavy atom. The molecular weight excluding hydrogens is 332 g/mol. The van der Waals surface area contributed by atoms with Gasteiger partial charge in [-0.15, -0.1) is 0 Å². The molecule has 0 saturated carbocycles. The average molecular weight is 349 g/mol. The largest absolute Gasteiger partial charge is 0.355 e. The van der Waals surface area contributed by atoms with Crippen LogP contribution in [0.2, 0.25) is 0 Å². The van der Waals surface area contributed by atoms with Crippen LogP contribution >= 0.6 is 15.9 Å². The summed E-state index contributed by atoms with van der Waals surface area (Å²) in [5.41, 5.74) is 0.991. The second kappa shape index (κ2) is 7.02. The molecule has 0 saturated heterocycles. The highest BCUT2D eigenvalue weighted by Gasteiger charge is 2.22. The minimum absolute atomic E-state index is 0.184. The van der Waals surface area contributed by atoms with Crippen molar-refractivity contribution in [2.24, 2.45) is 0 Å². The molecule has 7 heteroatoms. The Kier molecular flexibility index (Phi) is 5.96. The smallest absolute Gasteiger partial charge is 0.243 e. The van der Waals surface area contributed by atoms with Crippen molar-refractivity contribution in [2.75, 3.05) is 20.1 Å². The number of sulfonamides is 1. The number of carbonyl (C=O) groups is 1. The van der Waals surface area contributed by atoms with Gasteiger partial charge in [0.05, 0.1) is 11.4 Å². The molecule has 0 aliphatic rings. The molecule has 0 fully saturated rings. The monoisotopic (exact) mass is 348 g/mol. The summed E-state index contributed by atoms with van der Waals surface area (Å²) in [6, 6.07) is 6.56. The number of amides is 1. The Balaban J connectivity index is 2.86. The van der Waals surface area contributed by atoms with Crippen LogP contribution in [0.25, 0.3) is 0 Å². The van der Waals surface area contributed by atoms with Gasteiger partial charge in [-0.05, 0) is 24.6 Å². The van der Waals surface area contributed by atoms with Crippen molar-refractivity contribution in [3.8, 4) is 0 Å². The van der Waals surface area contributed by atoms with E-state index < -0.39 is 10.0 Å². The molecule has 19 heavy (non-hydrogen) atoms. The lowest BCUT2D eigenvalue weighted by molar-refractivity contribution is -0.121. The fraction of sp³-hybridized carbons (Fsp3) is 0.417. The zero-order valence-corrected chi connectivity index (χ0v) is 13.3. The van der Waals surface area contributed by atoms with Crippen molar-refractivity contribution in [3.63, 3.8) is 0 Å². The van der Waals surface area contributed by atoms with Gasteiger partial charge in [-0.25, -0.2) is 8.42 Å². The topological polar surface area (TPSA) is 66.5 Å². The lowest BCUT2D eigenvalue weighted by atomic mass is 10.2. The Morgan fingerprint density at radius 3 is 2.37 bits per heavy atom. The fourth-order valence-corrected chi connectivity index (χ4v) is 2.97. The average Bonchev–Trinajstić information content (AvgIpc) is 2.39. The molecule has 0 aromatic heterocycles. The molecule has 1 N–H and O–H groups in total. The number of nitrogens with one attached hydrogen (secondary N) is 1. The lowest BCUT2D eigenvalue weighted by Gasteiger charge is -2.16. The van der Waals surface area contributed by atoms with Gasteiger partial charge in [-0.3, -0.25) is 4.79 Å². The van der Waals surface area contributed by atoms with Gasteiger partial charge in [-0.2, -0.15) is 4.31 Å². The molecule has 1 aromatic carbocycles. The van der Waals surface area contributed by atoms with Crippen LogP contribution in [-0.2, 0) is 20.1 Å². The van der Waals surface area contributed by atoms with Crippen molar-refractivity contribution < 1.29 is 13.2 Å². The normalized spacial score (nSPS) is 11.6. The van der Waals surface area contributed by atoms with Crippen LogP contribution in [0.5, 0.6) is 0 Å². The van der Waals surface area contributed by atoms with Gasteiger partial charge in [-0.1, -0.05) is 28.1 Å². The van der Waals surface area contributed by atoms with Crippen LogP contribution in [0.4, 0.5) is 0 Å². The van der Waals surface area contributed by atoms with Crippen LogP contribution in [0.15, 0.2) is 29.2 Å². The van der Waals surface area contributed by atoms with E-state index in [0.717, 1.165) is 9.87 Å². The van der Waals surface area contributed by atoms with E-state index in [9.17, 15) is 13.2 Å². The molecule has 0 spiro atoms. The highest BCUT2D eigenvalue weighted by Crippen LogP contribution is 2.16. The summed E-state index contributed by atoms with van der Waals surface area (Å²) < 4.78 is 25.5. The Hall–Kier alpha value is -0.920. The highest BCUT2D eigenvalue weighted by atomic mass is 79.9. The van der Waals surface area contributed by atoms with Gasteiger partial charge in [0.2, 0.25) is 15.9 Å². The third-order valence-corrected chi connectivity index (χ3v) is 4.99. The maximum absolute atomic E-state index is 12.2. The number of nitrogens with zero attached hydrogens (tertiary/aromatic N) is 1. The number of alkyl halides is 1. The predicted molar refractivity (Wildman–Crippen MR) is 77.6 cm³/mol. The fourth-order valence-electron chi connectivity index (χ4n) is 1.47. The van der Waals surface area contributed by atoms with Gasteiger partial charge >= 0.3 is 0 Å². The van der Waals surface area contributed by atoms with Crippen LogP contribution in [0.1, 0.15) is 12.5 Å². The molecule has 0 unspecified atom stereocenters.